The Bertz CT molecular complexity index is 1750. The van der Waals surface area contributed by atoms with Crippen molar-refractivity contribution in [3.05, 3.63) is 70.6 Å². The summed E-state index contributed by atoms with van der Waals surface area (Å²) >= 11 is 1.03. The summed E-state index contributed by atoms with van der Waals surface area (Å²) in [6.45, 7) is 6.39. The summed E-state index contributed by atoms with van der Waals surface area (Å²) in [5, 5.41) is 3.16. The maximum atomic E-state index is 14.4. The summed E-state index contributed by atoms with van der Waals surface area (Å²) in [4.78, 5) is 66.3. The number of amides is 3. The van der Waals surface area contributed by atoms with Gasteiger partial charge in [-0.05, 0) is 86.8 Å². The molecule has 50 heavy (non-hydrogen) atoms. The van der Waals surface area contributed by atoms with Gasteiger partial charge in [0.2, 0.25) is 11.8 Å². The first-order chi connectivity index (χ1) is 23.9. The summed E-state index contributed by atoms with van der Waals surface area (Å²) in [5.74, 6) is -0.826. The van der Waals surface area contributed by atoms with Crippen LogP contribution < -0.4 is 5.32 Å². The van der Waals surface area contributed by atoms with Crippen molar-refractivity contribution in [3.8, 4) is 0 Å². The number of ether oxygens (including phenoxy) is 1. The predicted octanol–water partition coefficient (Wildman–Crippen LogP) is 4.94. The van der Waals surface area contributed by atoms with Crippen molar-refractivity contribution in [2.24, 2.45) is 5.92 Å². The first-order valence-corrected chi connectivity index (χ1v) is 19.5. The number of hydrogen-bond donors (Lipinski definition) is 3. The van der Waals surface area contributed by atoms with E-state index in [0.717, 1.165) is 61.5 Å². The van der Waals surface area contributed by atoms with Gasteiger partial charge in [-0.1, -0.05) is 43.3 Å². The van der Waals surface area contributed by atoms with E-state index in [4.69, 9.17) is 4.74 Å². The SMILES string of the molecule is CCN1CCC(CC(NC(=O)c2cc3cc(C(F)(F)P(=O)(O)O)ccc3s2)C(=O)N2CCC[C@H]2C(=O)N2CCO[C@H](c3ccccc3)C2)CC1. The molecule has 1 unspecified atom stereocenters. The molecule has 15 heteroatoms. The number of piperidine rings is 1. The molecule has 4 heterocycles. The second kappa shape index (κ2) is 15.1. The molecule has 3 amide bonds. The van der Waals surface area contributed by atoms with Crippen molar-refractivity contribution in [1.29, 1.82) is 0 Å². The zero-order valence-corrected chi connectivity index (χ0v) is 29.6. The van der Waals surface area contributed by atoms with Crippen molar-refractivity contribution in [2.75, 3.05) is 45.9 Å². The Labute approximate surface area is 293 Å². The van der Waals surface area contributed by atoms with Crippen molar-refractivity contribution < 1.29 is 42.3 Å². The normalized spacial score (nSPS) is 21.8. The molecule has 3 aliphatic rings. The molecule has 3 saturated heterocycles. The highest BCUT2D eigenvalue weighted by atomic mass is 32.1. The molecule has 0 radical (unpaired) electrons. The fraction of sp³-hybridized carbons (Fsp3) is 0.514. The smallest absolute Gasteiger partial charge is 0.370 e. The summed E-state index contributed by atoms with van der Waals surface area (Å²) in [6.07, 6.45) is 3.04. The van der Waals surface area contributed by atoms with Crippen LogP contribution in [-0.4, -0.2) is 100 Å². The molecule has 0 saturated carbocycles. The zero-order valence-electron chi connectivity index (χ0n) is 27.9. The largest absolute Gasteiger partial charge is 0.399 e. The highest BCUT2D eigenvalue weighted by molar-refractivity contribution is 7.52. The van der Waals surface area contributed by atoms with Crippen molar-refractivity contribution >= 4 is 46.7 Å². The number of benzene rings is 2. The van der Waals surface area contributed by atoms with Gasteiger partial charge in [0.1, 0.15) is 18.2 Å². The number of alkyl halides is 2. The third kappa shape index (κ3) is 7.80. The molecule has 11 nitrogen and oxygen atoms in total. The van der Waals surface area contributed by atoms with E-state index in [2.05, 4.69) is 17.1 Å². The first kappa shape index (κ1) is 36.5. The standard InChI is InChI=1S/C35H43F2N4O7PS/c1-2-39-15-12-23(13-16-39)19-27(38-32(42)31-21-25-20-26(10-11-30(25)50-31)35(36,37)49(45,46)47)33(43)41-14-6-9-28(41)34(44)40-17-18-48-29(22-40)24-7-4-3-5-8-24/h3-5,7-8,10-11,20-21,23,27-29H,2,6,9,12-19,22H2,1H3,(H,38,42)(H2,45,46,47)/t27?,28-,29-/m0/s1. The van der Waals surface area contributed by atoms with Gasteiger partial charge in [-0.2, -0.15) is 8.78 Å². The Morgan fingerprint density at radius 3 is 2.48 bits per heavy atom. The molecule has 3 atom stereocenters. The lowest BCUT2D eigenvalue weighted by Crippen LogP contribution is -2.56. The van der Waals surface area contributed by atoms with Gasteiger partial charge in [0, 0.05) is 23.4 Å². The predicted molar refractivity (Wildman–Crippen MR) is 185 cm³/mol. The van der Waals surface area contributed by atoms with Crippen LogP contribution in [-0.2, 0) is 24.6 Å². The maximum absolute atomic E-state index is 14.4. The number of carbonyl (C=O) groups excluding carboxylic acids is 3. The van der Waals surface area contributed by atoms with E-state index in [-0.39, 0.29) is 34.1 Å². The number of likely N-dealkylation sites (tertiary alicyclic amines) is 2. The molecule has 0 bridgehead atoms. The Kier molecular flexibility index (Phi) is 11.1. The van der Waals surface area contributed by atoms with E-state index < -0.39 is 36.8 Å². The van der Waals surface area contributed by atoms with Crippen LogP contribution in [0.1, 0.15) is 65.9 Å². The Hall–Kier alpha value is -3.26. The van der Waals surface area contributed by atoms with Gasteiger partial charge in [-0.3, -0.25) is 18.9 Å². The van der Waals surface area contributed by atoms with Crippen LogP contribution in [0.25, 0.3) is 10.1 Å². The average molecular weight is 733 g/mol. The topological polar surface area (TPSA) is 140 Å². The summed E-state index contributed by atoms with van der Waals surface area (Å²) < 4.78 is 46.7. The fourth-order valence-corrected chi connectivity index (χ4v) is 8.67. The number of nitrogens with one attached hydrogen (secondary N) is 1. The molecule has 2 aromatic carbocycles. The van der Waals surface area contributed by atoms with Crippen LogP contribution >= 0.6 is 18.9 Å². The summed E-state index contributed by atoms with van der Waals surface area (Å²) in [6, 6.07) is 12.8. The van der Waals surface area contributed by atoms with Gasteiger partial charge in [0.15, 0.2) is 0 Å². The number of nitrogens with zero attached hydrogens (tertiary/aromatic N) is 3. The molecule has 270 valence electrons. The second-order valence-electron chi connectivity index (χ2n) is 13.3. The van der Waals surface area contributed by atoms with Gasteiger partial charge in [0.05, 0.1) is 18.0 Å². The number of fused-ring (bicyclic) bond motifs is 1. The zero-order chi connectivity index (χ0) is 35.6. The maximum Gasteiger partial charge on any atom is 0.399 e. The second-order valence-corrected chi connectivity index (χ2v) is 16.1. The van der Waals surface area contributed by atoms with Crippen LogP contribution in [0.5, 0.6) is 0 Å². The van der Waals surface area contributed by atoms with Gasteiger partial charge in [-0.15, -0.1) is 11.3 Å². The Morgan fingerprint density at radius 1 is 1.04 bits per heavy atom. The molecule has 3 aliphatic heterocycles. The minimum atomic E-state index is -5.77. The van der Waals surface area contributed by atoms with E-state index >= 15 is 0 Å². The minimum absolute atomic E-state index is 0.131. The van der Waals surface area contributed by atoms with E-state index in [1.165, 1.54) is 12.1 Å². The van der Waals surface area contributed by atoms with Crippen LogP contribution in [0.4, 0.5) is 8.78 Å². The molecule has 6 rings (SSSR count). The first-order valence-electron chi connectivity index (χ1n) is 17.1. The van der Waals surface area contributed by atoms with Crippen molar-refractivity contribution in [1.82, 2.24) is 20.0 Å². The molecule has 3 N–H and O–H groups in total. The van der Waals surface area contributed by atoms with Gasteiger partial charge in [0.25, 0.3) is 5.91 Å². The molecular weight excluding hydrogens is 689 g/mol. The van der Waals surface area contributed by atoms with Crippen LogP contribution in [0.2, 0.25) is 0 Å². The van der Waals surface area contributed by atoms with Crippen molar-refractivity contribution in [2.45, 2.75) is 62.9 Å². The van der Waals surface area contributed by atoms with Crippen molar-refractivity contribution in [3.63, 3.8) is 0 Å². The number of thiophene rings is 1. The highest BCUT2D eigenvalue weighted by Gasteiger charge is 2.50. The number of hydrogen-bond acceptors (Lipinski definition) is 7. The quantitative estimate of drug-likeness (QED) is 0.249. The van der Waals surface area contributed by atoms with Crippen LogP contribution in [0.15, 0.2) is 54.6 Å². The third-order valence-corrected chi connectivity index (χ3v) is 12.3. The minimum Gasteiger partial charge on any atom is -0.370 e. The summed E-state index contributed by atoms with van der Waals surface area (Å²) in [7, 11) is -5.77. The molecule has 3 aromatic rings. The van der Waals surface area contributed by atoms with Crippen LogP contribution in [0.3, 0.4) is 0 Å². The average Bonchev–Trinajstić information content (AvgIpc) is 3.79. The van der Waals surface area contributed by atoms with Gasteiger partial charge >= 0.3 is 13.3 Å². The number of carbonyl (C=O) groups is 3. The summed E-state index contributed by atoms with van der Waals surface area (Å²) in [5.41, 5.74) is -4.26. The molecular formula is C35H43F2N4O7PS. The molecule has 0 aliphatic carbocycles. The van der Waals surface area contributed by atoms with E-state index in [9.17, 15) is 37.5 Å². The Balaban J connectivity index is 1.20. The molecule has 1 aromatic heterocycles. The lowest BCUT2D eigenvalue weighted by Gasteiger charge is -2.37. The number of halogens is 2. The van der Waals surface area contributed by atoms with E-state index in [0.29, 0.717) is 50.2 Å². The molecule has 0 spiro atoms. The highest BCUT2D eigenvalue weighted by Crippen LogP contribution is 2.59. The number of rotatable bonds is 10. The number of morpholine rings is 1. The van der Waals surface area contributed by atoms with Crippen LogP contribution in [0, 0.1) is 5.92 Å². The Morgan fingerprint density at radius 2 is 1.78 bits per heavy atom. The molecule has 3 fully saturated rings. The lowest BCUT2D eigenvalue weighted by molar-refractivity contribution is -0.149. The van der Waals surface area contributed by atoms with E-state index in [1.54, 1.807) is 9.80 Å². The van der Waals surface area contributed by atoms with E-state index in [1.807, 2.05) is 30.3 Å². The van der Waals surface area contributed by atoms with Gasteiger partial charge in [-0.25, -0.2) is 0 Å². The van der Waals surface area contributed by atoms with Gasteiger partial charge < -0.3 is 34.5 Å². The fourth-order valence-electron chi connectivity index (χ4n) is 7.25. The lowest BCUT2D eigenvalue weighted by atomic mass is 9.89. The monoisotopic (exact) mass is 732 g/mol. The third-order valence-electron chi connectivity index (χ3n) is 10.2.